The van der Waals surface area contributed by atoms with Crippen molar-refractivity contribution in [2.45, 2.75) is 32.1 Å². The molecule has 0 aromatic carbocycles. The van der Waals surface area contributed by atoms with Crippen LogP contribution in [0.1, 0.15) is 32.1 Å². The maximum absolute atomic E-state index is 11.8. The molecule has 0 radical (unpaired) electrons. The first-order valence-electron chi connectivity index (χ1n) is 5.37. The molecule has 3 heteroatoms. The molecule has 4 bridgehead atoms. The van der Waals surface area contributed by atoms with Gasteiger partial charge in [-0.3, -0.25) is 9.50 Å². The molecule has 0 saturated heterocycles. The standard InChI is InChI=1S/C11H16O2.FH/c12-6-11-3-7-1-8(4-11)10(13)9(2-7)5-11;/h7-9,12H,1-6H2;1H. The van der Waals surface area contributed by atoms with Gasteiger partial charge in [-0.15, -0.1) is 0 Å². The van der Waals surface area contributed by atoms with Crippen LogP contribution in [-0.4, -0.2) is 17.5 Å². The summed E-state index contributed by atoms with van der Waals surface area (Å²) in [7, 11) is 0. The van der Waals surface area contributed by atoms with Crippen LogP contribution in [0.25, 0.3) is 0 Å². The fourth-order valence-electron chi connectivity index (χ4n) is 4.10. The third-order valence-electron chi connectivity index (χ3n) is 4.46. The van der Waals surface area contributed by atoms with E-state index in [0.717, 1.165) is 31.6 Å². The molecule has 0 aliphatic heterocycles. The Bertz CT molecular complexity index is 246. The van der Waals surface area contributed by atoms with Crippen molar-refractivity contribution in [3.05, 3.63) is 0 Å². The molecular weight excluding hydrogens is 183 g/mol. The minimum Gasteiger partial charge on any atom is -0.396 e. The van der Waals surface area contributed by atoms with Crippen molar-refractivity contribution in [1.29, 1.82) is 0 Å². The van der Waals surface area contributed by atoms with Gasteiger partial charge in [-0.25, -0.2) is 0 Å². The zero-order valence-electron chi connectivity index (χ0n) is 8.24. The first-order chi connectivity index (χ1) is 6.22. The second-order valence-corrected chi connectivity index (χ2v) is 5.40. The van der Waals surface area contributed by atoms with Gasteiger partial charge in [0.05, 0.1) is 0 Å². The molecule has 4 saturated carbocycles. The van der Waals surface area contributed by atoms with Crippen LogP contribution in [0.2, 0.25) is 0 Å². The topological polar surface area (TPSA) is 37.3 Å². The van der Waals surface area contributed by atoms with Gasteiger partial charge in [0.1, 0.15) is 5.78 Å². The van der Waals surface area contributed by atoms with Crippen molar-refractivity contribution in [3.8, 4) is 0 Å². The quantitative estimate of drug-likeness (QED) is 0.697. The van der Waals surface area contributed by atoms with E-state index in [2.05, 4.69) is 0 Å². The van der Waals surface area contributed by atoms with Crippen LogP contribution >= 0.6 is 0 Å². The highest BCUT2D eigenvalue weighted by atomic mass is 19.0. The predicted octanol–water partition coefficient (Wildman–Crippen LogP) is 1.53. The molecule has 2 unspecified atom stereocenters. The Labute approximate surface area is 83.1 Å². The first-order valence-corrected chi connectivity index (χ1v) is 5.37. The predicted molar refractivity (Wildman–Crippen MR) is 50.6 cm³/mol. The molecule has 0 spiro atoms. The van der Waals surface area contributed by atoms with Gasteiger partial charge >= 0.3 is 0 Å². The fraction of sp³-hybridized carbons (Fsp3) is 0.909. The minimum atomic E-state index is 0. The maximum Gasteiger partial charge on any atom is 0.139 e. The fourth-order valence-corrected chi connectivity index (χ4v) is 4.10. The van der Waals surface area contributed by atoms with Crippen molar-refractivity contribution in [2.24, 2.45) is 23.2 Å². The van der Waals surface area contributed by atoms with Gasteiger partial charge in [-0.1, -0.05) is 0 Å². The Morgan fingerprint density at radius 3 is 2.29 bits per heavy atom. The van der Waals surface area contributed by atoms with Gasteiger partial charge in [0, 0.05) is 18.4 Å². The number of carbonyl (C=O) groups is 1. The molecular formula is C11H17FO2. The lowest BCUT2D eigenvalue weighted by Gasteiger charge is -2.55. The van der Waals surface area contributed by atoms with E-state index < -0.39 is 0 Å². The summed E-state index contributed by atoms with van der Waals surface area (Å²) in [5.41, 5.74) is 0.157. The highest BCUT2D eigenvalue weighted by Crippen LogP contribution is 2.58. The summed E-state index contributed by atoms with van der Waals surface area (Å²) in [6, 6.07) is 0. The van der Waals surface area contributed by atoms with Crippen LogP contribution in [0, 0.1) is 23.2 Å². The Kier molecular flexibility index (Phi) is 2.18. The molecule has 0 amide bonds. The number of carbonyl (C=O) groups excluding carboxylic acids is 1. The summed E-state index contributed by atoms with van der Waals surface area (Å²) in [6.45, 7) is 0.309. The number of rotatable bonds is 1. The monoisotopic (exact) mass is 200 g/mol. The van der Waals surface area contributed by atoms with E-state index in [-0.39, 0.29) is 10.1 Å². The largest absolute Gasteiger partial charge is 0.396 e. The van der Waals surface area contributed by atoms with Crippen molar-refractivity contribution >= 4 is 5.78 Å². The summed E-state index contributed by atoms with van der Waals surface area (Å²) in [4.78, 5) is 11.8. The van der Waals surface area contributed by atoms with Crippen LogP contribution in [0.15, 0.2) is 0 Å². The van der Waals surface area contributed by atoms with Crippen LogP contribution in [-0.2, 0) is 4.79 Å². The van der Waals surface area contributed by atoms with Gasteiger partial charge in [-0.05, 0) is 43.4 Å². The van der Waals surface area contributed by atoms with Gasteiger partial charge in [0.25, 0.3) is 0 Å². The number of ketones is 1. The molecule has 80 valence electrons. The zero-order chi connectivity index (χ0) is 9.05. The summed E-state index contributed by atoms with van der Waals surface area (Å²) >= 11 is 0. The average Bonchev–Trinajstić information content (AvgIpc) is 2.13. The van der Waals surface area contributed by atoms with Crippen LogP contribution in [0.3, 0.4) is 0 Å². The lowest BCUT2D eigenvalue weighted by Crippen LogP contribution is -2.52. The molecule has 4 aliphatic carbocycles. The normalized spacial score (nSPS) is 49.2. The molecule has 4 fully saturated rings. The number of hydrogen-bond acceptors (Lipinski definition) is 2. The number of hydrogen-bond donors (Lipinski definition) is 1. The average molecular weight is 200 g/mol. The summed E-state index contributed by atoms with van der Waals surface area (Å²) < 4.78 is 0. The number of aliphatic hydroxyl groups is 1. The molecule has 1 N–H and O–H groups in total. The summed E-state index contributed by atoms with van der Waals surface area (Å²) in [5, 5.41) is 9.41. The van der Waals surface area contributed by atoms with E-state index in [1.165, 1.54) is 6.42 Å². The van der Waals surface area contributed by atoms with Crippen LogP contribution in [0.5, 0.6) is 0 Å². The van der Waals surface area contributed by atoms with E-state index in [1.54, 1.807) is 0 Å². The van der Waals surface area contributed by atoms with Gasteiger partial charge < -0.3 is 5.11 Å². The molecule has 0 aromatic heterocycles. The highest BCUT2D eigenvalue weighted by molar-refractivity contribution is 5.85. The second-order valence-electron chi connectivity index (χ2n) is 5.40. The SMILES string of the molecule is F.O=C1C2CC3CC1CC(CO)(C3)C2. The van der Waals surface area contributed by atoms with Crippen molar-refractivity contribution < 1.29 is 14.6 Å². The van der Waals surface area contributed by atoms with E-state index in [9.17, 15) is 9.90 Å². The second kappa shape index (κ2) is 3.02. The lowest BCUT2D eigenvalue weighted by molar-refractivity contribution is -0.150. The number of halogens is 1. The van der Waals surface area contributed by atoms with Gasteiger partial charge in [0.15, 0.2) is 0 Å². The van der Waals surface area contributed by atoms with E-state index in [0.29, 0.717) is 24.2 Å². The van der Waals surface area contributed by atoms with Gasteiger partial charge in [-0.2, -0.15) is 0 Å². The zero-order valence-corrected chi connectivity index (χ0v) is 8.24. The first kappa shape index (κ1) is 10.1. The Hall–Kier alpha value is -0.440. The maximum atomic E-state index is 11.8. The minimum absolute atomic E-state index is 0. The lowest BCUT2D eigenvalue weighted by atomic mass is 9.49. The molecule has 4 rings (SSSR count). The Morgan fingerprint density at radius 1 is 1.21 bits per heavy atom. The van der Waals surface area contributed by atoms with Crippen LogP contribution < -0.4 is 0 Å². The van der Waals surface area contributed by atoms with Crippen molar-refractivity contribution in [2.75, 3.05) is 6.61 Å². The molecule has 14 heavy (non-hydrogen) atoms. The third kappa shape index (κ3) is 1.14. The van der Waals surface area contributed by atoms with Crippen molar-refractivity contribution in [1.82, 2.24) is 0 Å². The summed E-state index contributed by atoms with van der Waals surface area (Å²) in [6.07, 6.45) is 5.39. The molecule has 0 heterocycles. The van der Waals surface area contributed by atoms with Crippen molar-refractivity contribution in [3.63, 3.8) is 0 Å². The third-order valence-corrected chi connectivity index (χ3v) is 4.46. The Balaban J connectivity index is 0.000000750. The number of aliphatic hydroxyl groups excluding tert-OH is 1. The van der Waals surface area contributed by atoms with Crippen LogP contribution in [0.4, 0.5) is 4.70 Å². The molecule has 4 aliphatic rings. The highest BCUT2D eigenvalue weighted by Gasteiger charge is 2.54. The Morgan fingerprint density at radius 2 is 1.79 bits per heavy atom. The van der Waals surface area contributed by atoms with E-state index >= 15 is 0 Å². The smallest absolute Gasteiger partial charge is 0.139 e. The van der Waals surface area contributed by atoms with E-state index in [4.69, 9.17) is 0 Å². The van der Waals surface area contributed by atoms with Gasteiger partial charge in [0.2, 0.25) is 0 Å². The molecule has 2 nitrogen and oxygen atoms in total. The number of Topliss-reactive ketones (excluding diaryl/α,β-unsaturated/α-hetero) is 1. The molecule has 0 aromatic rings. The summed E-state index contributed by atoms with van der Waals surface area (Å²) in [5.74, 6) is 1.90. The van der Waals surface area contributed by atoms with E-state index in [1.807, 2.05) is 0 Å². The molecule has 2 atom stereocenters.